The van der Waals surface area contributed by atoms with Crippen molar-refractivity contribution in [1.82, 2.24) is 5.32 Å². The molecule has 0 bridgehead atoms. The number of esters is 1. The summed E-state index contributed by atoms with van der Waals surface area (Å²) in [4.78, 5) is 23.8. The number of amides is 1. The SMILES string of the molecule is COc1ccc(N(C)S(=O)(=O)c2cccc(C(=O)NCC(=O)OC(C)C)c2)cc1. The summed E-state index contributed by atoms with van der Waals surface area (Å²) in [5, 5.41) is 2.42. The van der Waals surface area contributed by atoms with E-state index in [1.165, 1.54) is 38.4 Å². The number of carbonyl (C=O) groups is 2. The van der Waals surface area contributed by atoms with Crippen LogP contribution in [0, 0.1) is 0 Å². The molecule has 0 saturated carbocycles. The van der Waals surface area contributed by atoms with Crippen LogP contribution in [0.3, 0.4) is 0 Å². The van der Waals surface area contributed by atoms with Crippen LogP contribution in [0.15, 0.2) is 53.4 Å². The molecule has 0 radical (unpaired) electrons. The van der Waals surface area contributed by atoms with Crippen LogP contribution in [-0.2, 0) is 19.6 Å². The standard InChI is InChI=1S/C20H24N2O6S/c1-14(2)28-19(23)13-21-20(24)15-6-5-7-18(12-15)29(25,26)22(3)16-8-10-17(27-4)11-9-16/h5-12,14H,13H2,1-4H3,(H,21,24). The minimum Gasteiger partial charge on any atom is -0.497 e. The van der Waals surface area contributed by atoms with E-state index in [0.717, 1.165) is 4.31 Å². The molecule has 0 aromatic heterocycles. The van der Waals surface area contributed by atoms with Crippen molar-refractivity contribution in [1.29, 1.82) is 0 Å². The van der Waals surface area contributed by atoms with E-state index in [2.05, 4.69) is 5.32 Å². The molecule has 0 aliphatic carbocycles. The first-order valence-corrected chi connectivity index (χ1v) is 10.3. The summed E-state index contributed by atoms with van der Waals surface area (Å²) in [6.07, 6.45) is -0.290. The number of anilines is 1. The highest BCUT2D eigenvalue weighted by atomic mass is 32.2. The topological polar surface area (TPSA) is 102 Å². The summed E-state index contributed by atoms with van der Waals surface area (Å²) < 4.78 is 37.0. The number of ether oxygens (including phenoxy) is 2. The van der Waals surface area contributed by atoms with Gasteiger partial charge in [0.2, 0.25) is 0 Å². The minimum atomic E-state index is -3.89. The fourth-order valence-corrected chi connectivity index (χ4v) is 3.69. The Hall–Kier alpha value is -3.07. The molecule has 2 aromatic rings. The number of nitrogens with one attached hydrogen (secondary N) is 1. The van der Waals surface area contributed by atoms with E-state index in [-0.39, 0.29) is 23.1 Å². The molecule has 0 unspecified atom stereocenters. The molecule has 0 heterocycles. The Bertz CT molecular complexity index is 971. The van der Waals surface area contributed by atoms with Gasteiger partial charge in [-0.3, -0.25) is 13.9 Å². The van der Waals surface area contributed by atoms with Crippen molar-refractivity contribution in [2.45, 2.75) is 24.8 Å². The van der Waals surface area contributed by atoms with Crippen LogP contribution in [0.25, 0.3) is 0 Å². The van der Waals surface area contributed by atoms with Gasteiger partial charge in [0.05, 0.1) is 23.8 Å². The number of carbonyl (C=O) groups excluding carboxylic acids is 2. The molecule has 0 aliphatic rings. The molecule has 1 amide bonds. The fourth-order valence-electron chi connectivity index (χ4n) is 2.45. The summed E-state index contributed by atoms with van der Waals surface area (Å²) >= 11 is 0. The highest BCUT2D eigenvalue weighted by Crippen LogP contribution is 2.24. The molecule has 0 spiro atoms. The molecular weight excluding hydrogens is 396 g/mol. The summed E-state index contributed by atoms with van der Waals surface area (Å²) in [6.45, 7) is 3.10. The first-order chi connectivity index (χ1) is 13.6. The molecule has 2 aromatic carbocycles. The second kappa shape index (κ2) is 9.42. The van der Waals surface area contributed by atoms with Gasteiger partial charge in [-0.1, -0.05) is 6.07 Å². The third-order valence-corrected chi connectivity index (χ3v) is 5.73. The maximum absolute atomic E-state index is 12.9. The summed E-state index contributed by atoms with van der Waals surface area (Å²) in [6, 6.07) is 12.1. The average molecular weight is 420 g/mol. The van der Waals surface area contributed by atoms with Crippen molar-refractivity contribution < 1.29 is 27.5 Å². The summed E-state index contributed by atoms with van der Waals surface area (Å²) in [5.41, 5.74) is 0.559. The maximum Gasteiger partial charge on any atom is 0.325 e. The van der Waals surface area contributed by atoms with E-state index in [1.54, 1.807) is 38.1 Å². The van der Waals surface area contributed by atoms with Crippen molar-refractivity contribution in [3.8, 4) is 5.75 Å². The monoisotopic (exact) mass is 420 g/mol. The van der Waals surface area contributed by atoms with E-state index < -0.39 is 21.9 Å². The minimum absolute atomic E-state index is 0.0479. The Kier molecular flexibility index (Phi) is 7.22. The first kappa shape index (κ1) is 22.2. The van der Waals surface area contributed by atoms with Gasteiger partial charge in [-0.25, -0.2) is 8.42 Å². The lowest BCUT2D eigenvalue weighted by atomic mass is 10.2. The van der Waals surface area contributed by atoms with Gasteiger partial charge < -0.3 is 14.8 Å². The van der Waals surface area contributed by atoms with Gasteiger partial charge in [0.15, 0.2) is 0 Å². The lowest BCUT2D eigenvalue weighted by Crippen LogP contribution is -2.32. The Labute approximate surface area is 170 Å². The zero-order chi connectivity index (χ0) is 21.6. The Morgan fingerprint density at radius 1 is 1.10 bits per heavy atom. The summed E-state index contributed by atoms with van der Waals surface area (Å²) in [5.74, 6) is -0.541. The van der Waals surface area contributed by atoms with Gasteiger partial charge in [-0.2, -0.15) is 0 Å². The van der Waals surface area contributed by atoms with Gasteiger partial charge in [-0.05, 0) is 56.3 Å². The molecule has 0 fully saturated rings. The van der Waals surface area contributed by atoms with Gasteiger partial charge in [-0.15, -0.1) is 0 Å². The van der Waals surface area contributed by atoms with Crippen LogP contribution >= 0.6 is 0 Å². The predicted molar refractivity (Wildman–Crippen MR) is 109 cm³/mol. The van der Waals surface area contributed by atoms with Crippen molar-refractivity contribution >= 4 is 27.6 Å². The molecule has 29 heavy (non-hydrogen) atoms. The van der Waals surface area contributed by atoms with E-state index in [0.29, 0.717) is 11.4 Å². The van der Waals surface area contributed by atoms with E-state index in [1.807, 2.05) is 0 Å². The molecule has 156 valence electrons. The number of methoxy groups -OCH3 is 1. The molecule has 0 saturated heterocycles. The molecular formula is C20H24N2O6S. The smallest absolute Gasteiger partial charge is 0.325 e. The third kappa shape index (κ3) is 5.71. The highest BCUT2D eigenvalue weighted by molar-refractivity contribution is 7.92. The first-order valence-electron chi connectivity index (χ1n) is 8.86. The van der Waals surface area contributed by atoms with E-state index >= 15 is 0 Å². The zero-order valence-corrected chi connectivity index (χ0v) is 17.5. The van der Waals surface area contributed by atoms with Crippen molar-refractivity contribution in [2.24, 2.45) is 0 Å². The molecule has 9 heteroatoms. The van der Waals surface area contributed by atoms with Crippen LogP contribution in [0.2, 0.25) is 0 Å². The third-order valence-electron chi connectivity index (χ3n) is 3.95. The molecule has 2 rings (SSSR count). The molecule has 0 aliphatic heterocycles. The second-order valence-corrected chi connectivity index (χ2v) is 8.39. The van der Waals surface area contributed by atoms with Crippen molar-refractivity contribution in [3.63, 3.8) is 0 Å². The average Bonchev–Trinajstić information content (AvgIpc) is 2.71. The Morgan fingerprint density at radius 3 is 2.34 bits per heavy atom. The van der Waals surface area contributed by atoms with E-state index in [9.17, 15) is 18.0 Å². The number of benzene rings is 2. The largest absolute Gasteiger partial charge is 0.497 e. The van der Waals surface area contributed by atoms with E-state index in [4.69, 9.17) is 9.47 Å². The highest BCUT2D eigenvalue weighted by Gasteiger charge is 2.22. The number of rotatable bonds is 8. The molecule has 8 nitrogen and oxygen atoms in total. The molecule has 1 N–H and O–H groups in total. The predicted octanol–water partition coefficient (Wildman–Crippen LogP) is 2.20. The fraction of sp³-hybridized carbons (Fsp3) is 0.300. The number of hydrogen-bond acceptors (Lipinski definition) is 6. The Morgan fingerprint density at radius 2 is 1.76 bits per heavy atom. The van der Waals surface area contributed by atoms with Crippen molar-refractivity contribution in [3.05, 3.63) is 54.1 Å². The Balaban J connectivity index is 2.17. The maximum atomic E-state index is 12.9. The van der Waals surface area contributed by atoms with Gasteiger partial charge >= 0.3 is 5.97 Å². The lowest BCUT2D eigenvalue weighted by Gasteiger charge is -2.20. The van der Waals surface area contributed by atoms with Crippen LogP contribution in [0.4, 0.5) is 5.69 Å². The van der Waals surface area contributed by atoms with Crippen LogP contribution < -0.4 is 14.4 Å². The zero-order valence-electron chi connectivity index (χ0n) is 16.7. The van der Waals surface area contributed by atoms with Crippen molar-refractivity contribution in [2.75, 3.05) is 25.0 Å². The van der Waals surface area contributed by atoms with Crippen LogP contribution in [0.1, 0.15) is 24.2 Å². The van der Waals surface area contributed by atoms with Gasteiger partial charge in [0, 0.05) is 12.6 Å². The van der Waals surface area contributed by atoms with Crippen LogP contribution in [-0.4, -0.2) is 47.1 Å². The second-order valence-electron chi connectivity index (χ2n) is 6.42. The number of nitrogens with zero attached hydrogens (tertiary/aromatic N) is 1. The van der Waals surface area contributed by atoms with Gasteiger partial charge in [0.1, 0.15) is 12.3 Å². The van der Waals surface area contributed by atoms with Gasteiger partial charge in [0.25, 0.3) is 15.9 Å². The molecule has 0 atom stereocenters. The number of sulfonamides is 1. The summed E-state index contributed by atoms with van der Waals surface area (Å²) in [7, 11) is -0.949. The number of hydrogen-bond donors (Lipinski definition) is 1. The van der Waals surface area contributed by atoms with Crippen LogP contribution in [0.5, 0.6) is 5.75 Å². The quantitative estimate of drug-likeness (QED) is 0.657. The lowest BCUT2D eigenvalue weighted by molar-refractivity contribution is -0.146. The normalized spacial score (nSPS) is 11.1.